The first-order valence-electron chi connectivity index (χ1n) is 40.2. The Hall–Kier alpha value is -15.1. The van der Waals surface area contributed by atoms with E-state index in [-0.39, 0.29) is 0 Å². The monoisotopic (exact) mass is 1540 g/mol. The van der Waals surface area contributed by atoms with E-state index < -0.39 is 0 Å². The van der Waals surface area contributed by atoms with Gasteiger partial charge in [0, 0.05) is 110 Å². The molecule has 6 aromatic heterocycles. The molecular formula is C110H69N5OS2. The summed E-state index contributed by atoms with van der Waals surface area (Å²) in [5.74, 6) is 0. The van der Waals surface area contributed by atoms with E-state index in [0.717, 1.165) is 95.4 Å². The molecule has 0 aliphatic heterocycles. The van der Waals surface area contributed by atoms with Crippen LogP contribution in [0.25, 0.3) is 190 Å². The van der Waals surface area contributed by atoms with Gasteiger partial charge in [0.15, 0.2) is 0 Å². The molecule has 8 heteroatoms. The Morgan fingerprint density at radius 1 is 0.195 bits per heavy atom. The fraction of sp³-hybridized carbons (Fsp3) is 0. The Kier molecular flexibility index (Phi) is 15.6. The predicted molar refractivity (Wildman–Crippen MR) is 502 cm³/mol. The zero-order valence-electron chi connectivity index (χ0n) is 63.8. The second-order valence-corrected chi connectivity index (χ2v) is 32.7. The van der Waals surface area contributed by atoms with Crippen molar-refractivity contribution >= 4 is 174 Å². The predicted octanol–water partition coefficient (Wildman–Crippen LogP) is 31.7. The van der Waals surface area contributed by atoms with Crippen LogP contribution in [0.4, 0.5) is 34.1 Å². The third kappa shape index (κ3) is 10.9. The maximum atomic E-state index is 6.99. The Labute approximate surface area is 687 Å². The summed E-state index contributed by atoms with van der Waals surface area (Å²) in [7, 11) is 0. The number of aromatic nitrogens is 3. The van der Waals surface area contributed by atoms with Crippen molar-refractivity contribution < 1.29 is 4.42 Å². The van der Waals surface area contributed by atoms with Crippen molar-refractivity contribution in [3.63, 3.8) is 0 Å². The van der Waals surface area contributed by atoms with Crippen molar-refractivity contribution in [3.05, 3.63) is 419 Å². The van der Waals surface area contributed by atoms with E-state index in [1.54, 1.807) is 0 Å². The van der Waals surface area contributed by atoms with Crippen LogP contribution in [0.5, 0.6) is 0 Å². The summed E-state index contributed by atoms with van der Waals surface area (Å²) in [6, 6.07) is 153. The zero-order chi connectivity index (χ0) is 77.5. The van der Waals surface area contributed by atoms with Crippen LogP contribution in [-0.2, 0) is 0 Å². The minimum atomic E-state index is 0.827. The topological polar surface area (TPSA) is 34.4 Å². The average molecular weight is 1540 g/mol. The zero-order valence-corrected chi connectivity index (χ0v) is 65.4. The lowest BCUT2D eigenvalue weighted by Crippen LogP contribution is -2.10. The molecule has 24 aromatic rings. The Morgan fingerprint density at radius 3 is 1.07 bits per heavy atom. The first kappa shape index (κ1) is 67.4. The SMILES string of the molecule is c1ccc(-c2ccc(N(c3ccc(-c4cccc5c4sc4c6ccccc6n(-c6ccccc6)c54)cc3)c3ccc4c(c3)oc3cc(-c5ccc(-n6c7ccccc7c7sc8c(-c9ccc(N(c%10ccc(-c%11cccc%12ccccc%11%12)cc%10)c%10ccc(-n%11c%12ccccc%12c%12ccccc%12%11)cc%10)cc9)cccc8c76)cc5)ccc34)cc2)cc1. The van der Waals surface area contributed by atoms with Crippen molar-refractivity contribution in [2.75, 3.05) is 9.80 Å². The van der Waals surface area contributed by atoms with E-state index in [1.807, 2.05) is 22.7 Å². The summed E-state index contributed by atoms with van der Waals surface area (Å²) in [4.78, 5) is 4.73. The number of hydrogen-bond donors (Lipinski definition) is 0. The van der Waals surface area contributed by atoms with Gasteiger partial charge in [0.2, 0.25) is 0 Å². The molecule has 0 bridgehead atoms. The second-order valence-electron chi connectivity index (χ2n) is 30.6. The lowest BCUT2D eigenvalue weighted by atomic mass is 9.98. The molecule has 0 radical (unpaired) electrons. The van der Waals surface area contributed by atoms with Crippen molar-refractivity contribution in [3.8, 4) is 72.7 Å². The highest BCUT2D eigenvalue weighted by Gasteiger charge is 2.25. The minimum absolute atomic E-state index is 0.827. The van der Waals surface area contributed by atoms with Gasteiger partial charge in [-0.25, -0.2) is 0 Å². The summed E-state index contributed by atoms with van der Waals surface area (Å²) in [5.41, 5.74) is 30.3. The van der Waals surface area contributed by atoms with E-state index in [9.17, 15) is 0 Å². The molecule has 0 saturated heterocycles. The van der Waals surface area contributed by atoms with Crippen LogP contribution >= 0.6 is 22.7 Å². The maximum absolute atomic E-state index is 6.99. The van der Waals surface area contributed by atoms with E-state index in [0.29, 0.717) is 0 Å². The van der Waals surface area contributed by atoms with Crippen molar-refractivity contribution in [1.29, 1.82) is 0 Å². The Bertz CT molecular complexity index is 8010. The molecule has 552 valence electrons. The van der Waals surface area contributed by atoms with Gasteiger partial charge in [-0.1, -0.05) is 267 Å². The quantitative estimate of drug-likeness (QED) is 0.109. The van der Waals surface area contributed by atoms with Crippen LogP contribution in [0.15, 0.2) is 423 Å². The van der Waals surface area contributed by atoms with E-state index in [4.69, 9.17) is 4.42 Å². The first-order valence-corrected chi connectivity index (χ1v) is 41.8. The van der Waals surface area contributed by atoms with Gasteiger partial charge in [-0.15, -0.1) is 22.7 Å². The number of para-hydroxylation sites is 5. The lowest BCUT2D eigenvalue weighted by molar-refractivity contribution is 0.669. The van der Waals surface area contributed by atoms with Gasteiger partial charge in [-0.2, -0.15) is 0 Å². The van der Waals surface area contributed by atoms with Gasteiger partial charge in [0.25, 0.3) is 0 Å². The number of rotatable bonds is 14. The third-order valence-electron chi connectivity index (χ3n) is 24.1. The van der Waals surface area contributed by atoms with Gasteiger partial charge < -0.3 is 27.9 Å². The molecule has 0 saturated carbocycles. The van der Waals surface area contributed by atoms with Gasteiger partial charge in [-0.05, 0) is 212 Å². The van der Waals surface area contributed by atoms with E-state index in [2.05, 4.69) is 442 Å². The number of thiophene rings is 2. The standard InChI is InChI=1S/C110H69N5OS2/c1-3-20-70(21-4-1)71-40-51-81(52-41-71)112(82-59-48-76(49-60-82)90-32-18-34-97-105-109(117-107(90)97)95-29-11-15-38-101(95)114(105)78-24-5-2-6-25-78)86-65-67-94-93-66-50-77(68-103(93)116-104(94)69-86)72-42-53-85(54-43-72)115-102-39-16-12-30-96(102)110-106(115)98-35-19-33-89(108(98)118-110)75-46-57-80(58-47-75)111(79-55-44-74(45-56-79)88-31-17-23-73-22-7-8-26-87(73)88)83-61-63-84(64-62-83)113-99-36-13-9-27-91(99)92-28-10-14-37-100(92)113/h1-69H. The number of nitrogens with zero attached hydrogens (tertiary/aromatic N) is 5. The smallest absolute Gasteiger partial charge is 0.137 e. The van der Waals surface area contributed by atoms with Crippen molar-refractivity contribution in [2.24, 2.45) is 0 Å². The minimum Gasteiger partial charge on any atom is -0.456 e. The molecule has 0 N–H and O–H groups in total. The third-order valence-corrected chi connectivity index (χ3v) is 26.6. The molecule has 24 rings (SSSR count). The van der Waals surface area contributed by atoms with Crippen LogP contribution in [0, 0.1) is 0 Å². The molecule has 6 nitrogen and oxygen atoms in total. The molecule has 0 spiro atoms. The summed E-state index contributed by atoms with van der Waals surface area (Å²) in [6.07, 6.45) is 0. The van der Waals surface area contributed by atoms with E-state index >= 15 is 0 Å². The molecule has 0 amide bonds. The number of hydrogen-bond acceptors (Lipinski definition) is 5. The molecule has 0 unspecified atom stereocenters. The molecule has 0 fully saturated rings. The van der Waals surface area contributed by atoms with Crippen LogP contribution in [-0.4, -0.2) is 13.7 Å². The fourth-order valence-corrected chi connectivity index (χ4v) is 21.3. The van der Waals surface area contributed by atoms with Crippen LogP contribution in [0.1, 0.15) is 0 Å². The molecule has 18 aromatic carbocycles. The van der Waals surface area contributed by atoms with Crippen molar-refractivity contribution in [1.82, 2.24) is 13.7 Å². The first-order chi connectivity index (χ1) is 58.5. The van der Waals surface area contributed by atoms with Gasteiger partial charge in [-0.3, -0.25) is 0 Å². The molecule has 118 heavy (non-hydrogen) atoms. The highest BCUT2D eigenvalue weighted by molar-refractivity contribution is 7.27. The Balaban J connectivity index is 0.548. The molecule has 0 aliphatic carbocycles. The maximum Gasteiger partial charge on any atom is 0.137 e. The van der Waals surface area contributed by atoms with E-state index in [1.165, 1.54) is 128 Å². The van der Waals surface area contributed by atoms with Gasteiger partial charge >= 0.3 is 0 Å². The summed E-state index contributed by atoms with van der Waals surface area (Å²) in [5, 5.41) is 12.1. The lowest BCUT2D eigenvalue weighted by Gasteiger charge is -2.26. The Morgan fingerprint density at radius 2 is 0.525 bits per heavy atom. The highest BCUT2D eigenvalue weighted by Crippen LogP contribution is 2.50. The van der Waals surface area contributed by atoms with Crippen LogP contribution in [0.3, 0.4) is 0 Å². The van der Waals surface area contributed by atoms with Crippen LogP contribution in [0.2, 0.25) is 0 Å². The number of anilines is 6. The summed E-state index contributed by atoms with van der Waals surface area (Å²) in [6.45, 7) is 0. The second kappa shape index (κ2) is 27.3. The number of fused-ring (bicyclic) bond motifs is 17. The largest absolute Gasteiger partial charge is 0.456 e. The number of furan rings is 1. The fourth-order valence-electron chi connectivity index (χ4n) is 18.6. The van der Waals surface area contributed by atoms with Crippen LogP contribution < -0.4 is 9.80 Å². The molecule has 0 aliphatic rings. The van der Waals surface area contributed by atoms with Crippen molar-refractivity contribution in [2.45, 2.75) is 0 Å². The van der Waals surface area contributed by atoms with Gasteiger partial charge in [0.05, 0.1) is 42.5 Å². The highest BCUT2D eigenvalue weighted by atomic mass is 32.1. The molecule has 6 heterocycles. The molecule has 0 atom stereocenters. The normalized spacial score (nSPS) is 11.9. The average Bonchev–Trinajstić information content (AvgIpc) is 1.56. The summed E-state index contributed by atoms with van der Waals surface area (Å²) < 4.78 is 19.4. The number of benzene rings is 18. The van der Waals surface area contributed by atoms with Gasteiger partial charge in [0.1, 0.15) is 11.2 Å². The summed E-state index contributed by atoms with van der Waals surface area (Å²) >= 11 is 3.78. The molecular weight excluding hydrogens is 1470 g/mol.